The standard InChI is InChI=1S/C10H9ClO/c1-6-3-8-5-7(2)12-10(8)9(11)4-6/h3-5H,1-2H3. The summed E-state index contributed by atoms with van der Waals surface area (Å²) in [6.45, 7) is 3.94. The molecule has 2 rings (SSSR count). The van der Waals surface area contributed by atoms with Crippen LogP contribution >= 0.6 is 11.6 Å². The molecule has 0 radical (unpaired) electrons. The van der Waals surface area contributed by atoms with Gasteiger partial charge in [-0.2, -0.15) is 0 Å². The Morgan fingerprint density at radius 2 is 1.92 bits per heavy atom. The lowest BCUT2D eigenvalue weighted by molar-refractivity contribution is 0.578. The van der Waals surface area contributed by atoms with E-state index in [4.69, 9.17) is 16.0 Å². The molecule has 0 N–H and O–H groups in total. The predicted octanol–water partition coefficient (Wildman–Crippen LogP) is 3.70. The molecule has 0 aliphatic rings. The number of rotatable bonds is 0. The molecule has 0 bridgehead atoms. The van der Waals surface area contributed by atoms with Gasteiger partial charge in [-0.05, 0) is 37.6 Å². The number of fused-ring (bicyclic) bond motifs is 1. The molecule has 12 heavy (non-hydrogen) atoms. The van der Waals surface area contributed by atoms with Crippen molar-refractivity contribution in [2.24, 2.45) is 0 Å². The van der Waals surface area contributed by atoms with Crippen LogP contribution < -0.4 is 0 Å². The van der Waals surface area contributed by atoms with Crippen molar-refractivity contribution in [1.82, 2.24) is 0 Å². The fourth-order valence-corrected chi connectivity index (χ4v) is 1.70. The van der Waals surface area contributed by atoms with E-state index < -0.39 is 0 Å². The Morgan fingerprint density at radius 3 is 2.67 bits per heavy atom. The molecular weight excluding hydrogens is 172 g/mol. The first kappa shape index (κ1) is 7.69. The van der Waals surface area contributed by atoms with Crippen molar-refractivity contribution >= 4 is 22.6 Å². The van der Waals surface area contributed by atoms with E-state index in [1.165, 1.54) is 0 Å². The molecule has 0 fully saturated rings. The third-order valence-electron chi connectivity index (χ3n) is 1.84. The molecule has 0 amide bonds. The molecule has 1 nitrogen and oxygen atoms in total. The Kier molecular flexibility index (Phi) is 1.62. The van der Waals surface area contributed by atoms with Crippen molar-refractivity contribution in [2.75, 3.05) is 0 Å². The van der Waals surface area contributed by atoms with Crippen LogP contribution in [0.1, 0.15) is 11.3 Å². The Labute approximate surface area is 75.9 Å². The monoisotopic (exact) mass is 180 g/mol. The summed E-state index contributed by atoms with van der Waals surface area (Å²) < 4.78 is 5.42. The number of aryl methyl sites for hydroxylation is 2. The van der Waals surface area contributed by atoms with Gasteiger partial charge in [0.05, 0.1) is 5.02 Å². The van der Waals surface area contributed by atoms with Crippen LogP contribution in [0, 0.1) is 13.8 Å². The van der Waals surface area contributed by atoms with E-state index in [0.29, 0.717) is 5.02 Å². The molecular formula is C10H9ClO. The van der Waals surface area contributed by atoms with E-state index in [2.05, 4.69) is 6.07 Å². The summed E-state index contributed by atoms with van der Waals surface area (Å²) in [5, 5.41) is 1.77. The lowest BCUT2D eigenvalue weighted by atomic mass is 10.2. The lowest BCUT2D eigenvalue weighted by Crippen LogP contribution is -1.71. The fraction of sp³-hybridized carbons (Fsp3) is 0.200. The SMILES string of the molecule is Cc1cc(Cl)c2oc(C)cc2c1. The second kappa shape index (κ2) is 2.53. The van der Waals surface area contributed by atoms with Crippen molar-refractivity contribution in [3.63, 3.8) is 0 Å². The highest BCUT2D eigenvalue weighted by atomic mass is 35.5. The average molecular weight is 181 g/mol. The van der Waals surface area contributed by atoms with Gasteiger partial charge in [0, 0.05) is 5.39 Å². The van der Waals surface area contributed by atoms with E-state index in [1.54, 1.807) is 0 Å². The van der Waals surface area contributed by atoms with Crippen molar-refractivity contribution in [3.8, 4) is 0 Å². The number of hydrogen-bond acceptors (Lipinski definition) is 1. The van der Waals surface area contributed by atoms with Crippen LogP contribution in [0.2, 0.25) is 5.02 Å². The summed E-state index contributed by atoms with van der Waals surface area (Å²) in [6, 6.07) is 5.97. The highest BCUT2D eigenvalue weighted by molar-refractivity contribution is 6.34. The number of benzene rings is 1. The Morgan fingerprint density at radius 1 is 1.17 bits per heavy atom. The summed E-state index contributed by atoms with van der Waals surface area (Å²) in [5.74, 6) is 0.900. The molecule has 0 saturated carbocycles. The van der Waals surface area contributed by atoms with Crippen LogP contribution in [0.5, 0.6) is 0 Å². The van der Waals surface area contributed by atoms with Crippen molar-refractivity contribution in [1.29, 1.82) is 0 Å². The highest BCUT2D eigenvalue weighted by Crippen LogP contribution is 2.27. The smallest absolute Gasteiger partial charge is 0.152 e. The van der Waals surface area contributed by atoms with Crippen LogP contribution in [0.4, 0.5) is 0 Å². The van der Waals surface area contributed by atoms with Crippen LogP contribution in [0.15, 0.2) is 22.6 Å². The van der Waals surface area contributed by atoms with Gasteiger partial charge in [0.1, 0.15) is 5.76 Å². The second-order valence-electron chi connectivity index (χ2n) is 3.02. The van der Waals surface area contributed by atoms with Gasteiger partial charge in [0.15, 0.2) is 5.58 Å². The fourth-order valence-electron chi connectivity index (χ4n) is 1.38. The molecule has 0 aliphatic heterocycles. The molecule has 1 heterocycles. The van der Waals surface area contributed by atoms with E-state index in [9.17, 15) is 0 Å². The van der Waals surface area contributed by atoms with E-state index in [0.717, 1.165) is 22.3 Å². The molecule has 0 unspecified atom stereocenters. The maximum Gasteiger partial charge on any atom is 0.152 e. The van der Waals surface area contributed by atoms with E-state index >= 15 is 0 Å². The van der Waals surface area contributed by atoms with E-state index in [1.807, 2.05) is 26.0 Å². The largest absolute Gasteiger partial charge is 0.460 e. The van der Waals surface area contributed by atoms with Gasteiger partial charge >= 0.3 is 0 Å². The molecule has 0 spiro atoms. The molecule has 2 heteroatoms. The van der Waals surface area contributed by atoms with Crippen molar-refractivity contribution in [3.05, 3.63) is 34.5 Å². The summed E-state index contributed by atoms with van der Waals surface area (Å²) in [7, 11) is 0. The quantitative estimate of drug-likeness (QED) is 0.603. The minimum absolute atomic E-state index is 0.693. The lowest BCUT2D eigenvalue weighted by Gasteiger charge is -1.94. The normalized spacial score (nSPS) is 10.9. The Hall–Kier alpha value is -0.950. The maximum atomic E-state index is 5.98. The van der Waals surface area contributed by atoms with Gasteiger partial charge in [-0.15, -0.1) is 0 Å². The van der Waals surface area contributed by atoms with Crippen LogP contribution in [-0.4, -0.2) is 0 Å². The molecule has 62 valence electrons. The second-order valence-corrected chi connectivity index (χ2v) is 3.43. The van der Waals surface area contributed by atoms with Gasteiger partial charge in [0.2, 0.25) is 0 Å². The van der Waals surface area contributed by atoms with Gasteiger partial charge < -0.3 is 4.42 Å². The van der Waals surface area contributed by atoms with Gasteiger partial charge in [0.25, 0.3) is 0 Å². The minimum Gasteiger partial charge on any atom is -0.460 e. The molecule has 1 aromatic heterocycles. The van der Waals surface area contributed by atoms with Crippen LogP contribution in [0.25, 0.3) is 11.0 Å². The third kappa shape index (κ3) is 1.10. The average Bonchev–Trinajstić information content (AvgIpc) is 2.29. The summed E-state index contributed by atoms with van der Waals surface area (Å²) in [6.07, 6.45) is 0. The zero-order chi connectivity index (χ0) is 8.72. The molecule has 0 aliphatic carbocycles. The first-order valence-corrected chi connectivity index (χ1v) is 4.21. The van der Waals surface area contributed by atoms with Crippen LogP contribution in [0.3, 0.4) is 0 Å². The van der Waals surface area contributed by atoms with Crippen molar-refractivity contribution in [2.45, 2.75) is 13.8 Å². The Balaban J connectivity index is 2.88. The molecule has 0 saturated heterocycles. The first-order chi connectivity index (χ1) is 5.66. The van der Waals surface area contributed by atoms with Crippen molar-refractivity contribution < 1.29 is 4.42 Å². The topological polar surface area (TPSA) is 13.1 Å². The summed E-state index contributed by atoms with van der Waals surface area (Å²) in [5.41, 5.74) is 1.95. The zero-order valence-electron chi connectivity index (χ0n) is 7.02. The highest BCUT2D eigenvalue weighted by Gasteiger charge is 2.04. The number of halogens is 1. The minimum atomic E-state index is 0.693. The molecule has 1 aromatic carbocycles. The zero-order valence-corrected chi connectivity index (χ0v) is 7.77. The van der Waals surface area contributed by atoms with Gasteiger partial charge in [-0.3, -0.25) is 0 Å². The summed E-state index contributed by atoms with van der Waals surface area (Å²) >= 11 is 5.98. The number of hydrogen-bond donors (Lipinski definition) is 0. The van der Waals surface area contributed by atoms with Gasteiger partial charge in [-0.1, -0.05) is 11.6 Å². The van der Waals surface area contributed by atoms with Gasteiger partial charge in [-0.25, -0.2) is 0 Å². The summed E-state index contributed by atoms with van der Waals surface area (Å²) in [4.78, 5) is 0. The molecule has 0 atom stereocenters. The first-order valence-electron chi connectivity index (χ1n) is 3.83. The Bertz CT molecular complexity index is 429. The maximum absolute atomic E-state index is 5.98. The number of furan rings is 1. The van der Waals surface area contributed by atoms with E-state index in [-0.39, 0.29) is 0 Å². The third-order valence-corrected chi connectivity index (χ3v) is 2.12. The predicted molar refractivity (Wildman–Crippen MR) is 50.7 cm³/mol. The molecule has 2 aromatic rings. The van der Waals surface area contributed by atoms with Crippen LogP contribution in [-0.2, 0) is 0 Å².